The molecule has 1 aromatic rings. The van der Waals surface area contributed by atoms with Crippen molar-refractivity contribution in [1.82, 2.24) is 14.5 Å². The van der Waals surface area contributed by atoms with Crippen LogP contribution in [0, 0.1) is 0 Å². The Morgan fingerprint density at radius 3 is 2.60 bits per heavy atom. The van der Waals surface area contributed by atoms with Crippen molar-refractivity contribution in [2.45, 2.75) is 45.9 Å². The Hall–Kier alpha value is -2.05. The summed E-state index contributed by atoms with van der Waals surface area (Å²) < 4.78 is 7.12. The number of nitrogens with zero attached hydrogens (tertiary/aromatic N) is 3. The third kappa shape index (κ3) is 2.76. The highest BCUT2D eigenvalue weighted by molar-refractivity contribution is 5.85. The van der Waals surface area contributed by atoms with Gasteiger partial charge in [0, 0.05) is 19.3 Å². The van der Waals surface area contributed by atoms with Crippen LogP contribution < -0.4 is 0 Å². The average Bonchev–Trinajstić information content (AvgIpc) is 2.71. The smallest absolute Gasteiger partial charge is 0.410 e. The van der Waals surface area contributed by atoms with Crippen LogP contribution in [-0.2, 0) is 11.3 Å². The number of amides is 1. The lowest BCUT2D eigenvalue weighted by Gasteiger charge is -2.34. The lowest BCUT2D eigenvalue weighted by Crippen LogP contribution is -2.43. The molecule has 0 bridgehead atoms. The van der Waals surface area contributed by atoms with Crippen LogP contribution in [0.3, 0.4) is 0 Å². The number of carbonyl (C=O) groups excluding carboxylic acids is 1. The second kappa shape index (κ2) is 4.81. The van der Waals surface area contributed by atoms with Crippen LogP contribution in [0.5, 0.6) is 0 Å². The number of ether oxygens (including phenoxy) is 1. The highest BCUT2D eigenvalue weighted by atomic mass is 16.6. The van der Waals surface area contributed by atoms with E-state index in [2.05, 4.69) is 4.98 Å². The predicted octanol–water partition coefficient (Wildman–Crippen LogP) is 1.89. The summed E-state index contributed by atoms with van der Waals surface area (Å²) in [4.78, 5) is 28.7. The molecule has 0 saturated carbocycles. The Morgan fingerprint density at radius 1 is 1.40 bits per heavy atom. The van der Waals surface area contributed by atoms with E-state index in [4.69, 9.17) is 9.84 Å². The summed E-state index contributed by atoms with van der Waals surface area (Å²) >= 11 is 0. The molecule has 1 amide bonds. The molecule has 110 valence electrons. The molecule has 2 heterocycles. The van der Waals surface area contributed by atoms with E-state index in [1.165, 1.54) is 6.20 Å². The second-order valence-electron chi connectivity index (χ2n) is 5.83. The number of carbonyl (C=O) groups is 2. The van der Waals surface area contributed by atoms with Crippen molar-refractivity contribution in [2.75, 3.05) is 6.54 Å². The summed E-state index contributed by atoms with van der Waals surface area (Å²) in [5.41, 5.74) is -0.562. The van der Waals surface area contributed by atoms with Crippen LogP contribution in [0.1, 0.15) is 50.0 Å². The zero-order valence-electron chi connectivity index (χ0n) is 12.1. The lowest BCUT2D eigenvalue weighted by atomic mass is 10.2. The summed E-state index contributed by atoms with van der Waals surface area (Å²) in [5, 5.41) is 8.97. The monoisotopic (exact) mass is 281 g/mol. The van der Waals surface area contributed by atoms with Gasteiger partial charge >= 0.3 is 12.1 Å². The quantitative estimate of drug-likeness (QED) is 0.849. The largest absolute Gasteiger partial charge is 0.476 e. The van der Waals surface area contributed by atoms with E-state index < -0.39 is 17.7 Å². The Balaban J connectivity index is 2.21. The molecule has 0 radical (unpaired) electrons. The van der Waals surface area contributed by atoms with Gasteiger partial charge < -0.3 is 14.4 Å². The second-order valence-corrected chi connectivity index (χ2v) is 5.83. The number of carboxylic acid groups (broad SMARTS) is 1. The van der Waals surface area contributed by atoms with Crippen molar-refractivity contribution in [3.05, 3.63) is 17.7 Å². The molecule has 0 fully saturated rings. The van der Waals surface area contributed by atoms with Crippen molar-refractivity contribution >= 4 is 12.1 Å². The van der Waals surface area contributed by atoms with Gasteiger partial charge in [0.05, 0.1) is 6.04 Å². The molecule has 1 N–H and O–H groups in total. The van der Waals surface area contributed by atoms with E-state index in [9.17, 15) is 9.59 Å². The van der Waals surface area contributed by atoms with Crippen LogP contribution >= 0.6 is 0 Å². The van der Waals surface area contributed by atoms with E-state index >= 15 is 0 Å². The van der Waals surface area contributed by atoms with Crippen molar-refractivity contribution in [3.63, 3.8) is 0 Å². The number of imidazole rings is 1. The third-order valence-corrected chi connectivity index (χ3v) is 3.08. The molecule has 1 atom stereocenters. The Morgan fingerprint density at radius 2 is 2.05 bits per heavy atom. The van der Waals surface area contributed by atoms with Gasteiger partial charge in [-0.15, -0.1) is 0 Å². The standard InChI is InChI=1S/C13H19N3O4/c1-8-10-14-9(11(17)18)7-15(10)5-6-16(8)12(19)20-13(2,3)4/h7-8H,5-6H2,1-4H3,(H,17,18)/t8-/m1/s1. The highest BCUT2D eigenvalue weighted by Gasteiger charge is 2.33. The van der Waals surface area contributed by atoms with Crippen molar-refractivity contribution in [1.29, 1.82) is 0 Å². The third-order valence-electron chi connectivity index (χ3n) is 3.08. The molecule has 0 saturated heterocycles. The maximum atomic E-state index is 12.1. The van der Waals surface area contributed by atoms with Crippen LogP contribution in [-0.4, -0.2) is 43.8 Å². The van der Waals surface area contributed by atoms with Gasteiger partial charge in [0.1, 0.15) is 11.4 Å². The van der Waals surface area contributed by atoms with E-state index in [0.29, 0.717) is 18.9 Å². The molecule has 7 nitrogen and oxygen atoms in total. The van der Waals surface area contributed by atoms with Gasteiger partial charge in [-0.1, -0.05) is 0 Å². The highest BCUT2D eigenvalue weighted by Crippen LogP contribution is 2.26. The van der Waals surface area contributed by atoms with Gasteiger partial charge in [-0.25, -0.2) is 14.6 Å². The summed E-state index contributed by atoms with van der Waals surface area (Å²) in [5.74, 6) is -0.498. The Bertz CT molecular complexity index is 544. The number of rotatable bonds is 1. The number of hydrogen-bond acceptors (Lipinski definition) is 4. The fraction of sp³-hybridized carbons (Fsp3) is 0.615. The minimum absolute atomic E-state index is 0.00195. The molecule has 0 unspecified atom stereocenters. The molecule has 2 rings (SSSR count). The first kappa shape index (κ1) is 14.4. The Labute approximate surface area is 117 Å². The number of aromatic nitrogens is 2. The normalized spacial score (nSPS) is 18.6. The molecule has 20 heavy (non-hydrogen) atoms. The van der Waals surface area contributed by atoms with E-state index in [1.807, 2.05) is 27.7 Å². The molecule has 0 spiro atoms. The summed E-state index contributed by atoms with van der Waals surface area (Å²) in [6, 6.07) is -0.313. The van der Waals surface area contributed by atoms with Gasteiger partial charge in [-0.05, 0) is 27.7 Å². The van der Waals surface area contributed by atoms with Crippen molar-refractivity contribution < 1.29 is 19.4 Å². The van der Waals surface area contributed by atoms with Crippen LogP contribution in [0.15, 0.2) is 6.20 Å². The number of hydrogen-bond donors (Lipinski definition) is 1. The molecule has 0 aliphatic carbocycles. The van der Waals surface area contributed by atoms with Gasteiger partial charge in [0.2, 0.25) is 0 Å². The molecule has 1 aliphatic rings. The maximum Gasteiger partial charge on any atom is 0.410 e. The zero-order chi connectivity index (χ0) is 15.1. The van der Waals surface area contributed by atoms with Crippen LogP contribution in [0.25, 0.3) is 0 Å². The SMILES string of the molecule is C[C@@H]1c2nc(C(=O)O)cn2CCN1C(=O)OC(C)(C)C. The molecule has 1 aliphatic heterocycles. The lowest BCUT2D eigenvalue weighted by molar-refractivity contribution is 0.0121. The number of carboxylic acids is 1. The zero-order valence-corrected chi connectivity index (χ0v) is 12.1. The first-order valence-corrected chi connectivity index (χ1v) is 6.49. The van der Waals surface area contributed by atoms with E-state index in [1.54, 1.807) is 9.47 Å². The molecular weight excluding hydrogens is 262 g/mol. The van der Waals surface area contributed by atoms with Crippen LogP contribution in [0.2, 0.25) is 0 Å². The molecule has 1 aromatic heterocycles. The van der Waals surface area contributed by atoms with Crippen LogP contribution in [0.4, 0.5) is 4.79 Å². The first-order valence-electron chi connectivity index (χ1n) is 6.49. The fourth-order valence-electron chi connectivity index (χ4n) is 2.16. The van der Waals surface area contributed by atoms with E-state index in [-0.39, 0.29) is 11.7 Å². The summed E-state index contributed by atoms with van der Waals surface area (Å²) in [7, 11) is 0. The van der Waals surface area contributed by atoms with Crippen molar-refractivity contribution in [2.24, 2.45) is 0 Å². The van der Waals surface area contributed by atoms with Crippen molar-refractivity contribution in [3.8, 4) is 0 Å². The van der Waals surface area contributed by atoms with Gasteiger partial charge in [0.15, 0.2) is 5.69 Å². The van der Waals surface area contributed by atoms with Gasteiger partial charge in [0.25, 0.3) is 0 Å². The predicted molar refractivity (Wildman–Crippen MR) is 70.5 cm³/mol. The van der Waals surface area contributed by atoms with Gasteiger partial charge in [-0.3, -0.25) is 4.90 Å². The molecule has 7 heteroatoms. The fourth-order valence-corrected chi connectivity index (χ4v) is 2.16. The number of fused-ring (bicyclic) bond motifs is 1. The first-order chi connectivity index (χ1) is 9.19. The number of aromatic carboxylic acids is 1. The van der Waals surface area contributed by atoms with E-state index in [0.717, 1.165) is 0 Å². The minimum Gasteiger partial charge on any atom is -0.476 e. The summed E-state index contributed by atoms with van der Waals surface area (Å²) in [6.07, 6.45) is 1.09. The molecular formula is C13H19N3O4. The molecule has 0 aromatic carbocycles. The topological polar surface area (TPSA) is 84.7 Å². The summed E-state index contributed by atoms with van der Waals surface area (Å²) in [6.45, 7) is 8.22. The maximum absolute atomic E-state index is 12.1. The van der Waals surface area contributed by atoms with Gasteiger partial charge in [-0.2, -0.15) is 0 Å². The minimum atomic E-state index is -1.07. The average molecular weight is 281 g/mol. The Kier molecular flexibility index (Phi) is 3.45.